The minimum absolute atomic E-state index is 0.107. The number of para-hydroxylation sites is 1. The summed E-state index contributed by atoms with van der Waals surface area (Å²) >= 11 is 0. The molecule has 32 heavy (non-hydrogen) atoms. The highest BCUT2D eigenvalue weighted by atomic mass is 16.3. The highest BCUT2D eigenvalue weighted by Crippen LogP contribution is 2.32. The lowest BCUT2D eigenvalue weighted by Gasteiger charge is -2.35. The second-order valence-electron chi connectivity index (χ2n) is 8.71. The number of fused-ring (bicyclic) bond motifs is 1. The van der Waals surface area contributed by atoms with E-state index in [0.717, 1.165) is 22.3 Å². The van der Waals surface area contributed by atoms with Crippen LogP contribution in [0, 0.1) is 6.92 Å². The molecule has 0 unspecified atom stereocenters. The van der Waals surface area contributed by atoms with Gasteiger partial charge in [-0.05, 0) is 56.7 Å². The van der Waals surface area contributed by atoms with Crippen LogP contribution in [0.1, 0.15) is 19.4 Å². The van der Waals surface area contributed by atoms with E-state index in [-0.39, 0.29) is 11.7 Å². The molecule has 1 fully saturated rings. The molecule has 2 heterocycles. The zero-order valence-corrected chi connectivity index (χ0v) is 18.6. The van der Waals surface area contributed by atoms with E-state index in [9.17, 15) is 15.0 Å². The normalized spacial score (nSPS) is 15.0. The minimum atomic E-state index is -1.02. The maximum Gasteiger partial charge on any atom is 0.246 e. The quantitative estimate of drug-likeness (QED) is 0.615. The van der Waals surface area contributed by atoms with Gasteiger partial charge < -0.3 is 20.0 Å². The molecule has 3 aromatic rings. The van der Waals surface area contributed by atoms with E-state index in [1.54, 1.807) is 30.9 Å². The van der Waals surface area contributed by atoms with E-state index in [1.165, 1.54) is 12.2 Å². The maximum absolute atomic E-state index is 12.5. The molecule has 4 rings (SSSR count). The molecule has 0 bridgehead atoms. The molecule has 0 spiro atoms. The lowest BCUT2D eigenvalue weighted by Crippen LogP contribution is -2.48. The van der Waals surface area contributed by atoms with Crippen LogP contribution in [0.15, 0.2) is 54.6 Å². The van der Waals surface area contributed by atoms with Gasteiger partial charge in [0, 0.05) is 37.6 Å². The molecular weight excluding hydrogens is 404 g/mol. The largest absolute Gasteiger partial charge is 0.507 e. The van der Waals surface area contributed by atoms with Gasteiger partial charge in [-0.1, -0.05) is 18.2 Å². The molecule has 2 aromatic carbocycles. The van der Waals surface area contributed by atoms with Crippen LogP contribution >= 0.6 is 0 Å². The summed E-state index contributed by atoms with van der Waals surface area (Å²) in [4.78, 5) is 25.9. The Labute approximate surface area is 187 Å². The van der Waals surface area contributed by atoms with E-state index in [2.05, 4.69) is 4.90 Å². The number of aryl methyl sites for hydroxylation is 1. The van der Waals surface area contributed by atoms with Crippen molar-refractivity contribution in [2.45, 2.75) is 26.4 Å². The van der Waals surface area contributed by atoms with Gasteiger partial charge in [0.2, 0.25) is 5.91 Å². The van der Waals surface area contributed by atoms with E-state index in [0.29, 0.717) is 37.6 Å². The average molecular weight is 433 g/mol. The zero-order chi connectivity index (χ0) is 22.9. The van der Waals surface area contributed by atoms with Crippen LogP contribution < -0.4 is 4.90 Å². The van der Waals surface area contributed by atoms with E-state index in [1.807, 2.05) is 37.3 Å². The third kappa shape index (κ3) is 4.73. The Kier molecular flexibility index (Phi) is 5.84. The van der Waals surface area contributed by atoms with E-state index < -0.39 is 5.60 Å². The number of amides is 1. The molecule has 1 saturated heterocycles. The number of aromatic nitrogens is 2. The first-order valence-electron chi connectivity index (χ1n) is 10.7. The van der Waals surface area contributed by atoms with Crippen molar-refractivity contribution in [2.75, 3.05) is 31.1 Å². The number of carbonyl (C=O) groups excluding carboxylic acids is 1. The Morgan fingerprint density at radius 1 is 1.06 bits per heavy atom. The summed E-state index contributed by atoms with van der Waals surface area (Å²) < 4.78 is 0. The molecule has 0 aliphatic carbocycles. The summed E-state index contributed by atoms with van der Waals surface area (Å²) in [5.41, 5.74) is 1.48. The summed E-state index contributed by atoms with van der Waals surface area (Å²) in [6, 6.07) is 13.1. The third-order valence-corrected chi connectivity index (χ3v) is 5.50. The van der Waals surface area contributed by atoms with Gasteiger partial charge in [-0.15, -0.1) is 0 Å². The van der Waals surface area contributed by atoms with Gasteiger partial charge in [0.25, 0.3) is 0 Å². The summed E-state index contributed by atoms with van der Waals surface area (Å²) in [7, 11) is 0. The monoisotopic (exact) mass is 432 g/mol. The van der Waals surface area contributed by atoms with Gasteiger partial charge in [0.15, 0.2) is 5.82 Å². The Morgan fingerprint density at radius 3 is 2.47 bits per heavy atom. The number of hydrogen-bond donors (Lipinski definition) is 2. The number of aromatic hydroxyl groups is 1. The second-order valence-corrected chi connectivity index (χ2v) is 8.71. The number of phenolic OH excluding ortho intramolecular Hbond substituents is 1. The summed E-state index contributed by atoms with van der Waals surface area (Å²) in [5, 5.41) is 21.1. The first-order valence-corrected chi connectivity index (χ1v) is 10.7. The molecule has 7 heteroatoms. The molecular formula is C25H28N4O3. The number of piperazine rings is 1. The standard InChI is InChI=1S/C25H28N4O3/c1-17-8-9-18-20(16-17)26-23(19-6-4-5-7-21(19)30)27-24(18)29-14-12-28(13-15-29)22(31)10-11-25(2,3)32/h4-11,16,30,32H,12-15H2,1-3H3/b11-10+. The van der Waals surface area contributed by atoms with Crippen molar-refractivity contribution in [3.05, 3.63) is 60.2 Å². The number of rotatable bonds is 4. The Balaban J connectivity index is 1.64. The number of hydrogen-bond acceptors (Lipinski definition) is 6. The van der Waals surface area contributed by atoms with Crippen molar-refractivity contribution < 1.29 is 15.0 Å². The predicted molar refractivity (Wildman–Crippen MR) is 126 cm³/mol. The Hall–Kier alpha value is -3.45. The smallest absolute Gasteiger partial charge is 0.246 e. The maximum atomic E-state index is 12.5. The topological polar surface area (TPSA) is 89.8 Å². The molecule has 1 aliphatic heterocycles. The van der Waals surface area contributed by atoms with Crippen molar-refractivity contribution in [3.8, 4) is 17.1 Å². The van der Waals surface area contributed by atoms with Crippen LogP contribution in [0.25, 0.3) is 22.3 Å². The van der Waals surface area contributed by atoms with Gasteiger partial charge in [0.05, 0.1) is 16.7 Å². The van der Waals surface area contributed by atoms with Crippen molar-refractivity contribution >= 4 is 22.6 Å². The lowest BCUT2D eigenvalue weighted by atomic mass is 10.1. The molecule has 1 amide bonds. The molecule has 166 valence electrons. The summed E-state index contributed by atoms with van der Waals surface area (Å²) in [6.45, 7) is 7.66. The fourth-order valence-electron chi connectivity index (χ4n) is 3.77. The number of benzene rings is 2. The van der Waals surface area contributed by atoms with Crippen molar-refractivity contribution in [1.29, 1.82) is 0 Å². The van der Waals surface area contributed by atoms with Gasteiger partial charge in [0.1, 0.15) is 11.6 Å². The average Bonchev–Trinajstić information content (AvgIpc) is 2.76. The molecule has 0 atom stereocenters. The predicted octanol–water partition coefficient (Wildman–Crippen LogP) is 3.29. The van der Waals surface area contributed by atoms with Crippen LogP contribution in [0.5, 0.6) is 5.75 Å². The highest BCUT2D eigenvalue weighted by molar-refractivity contribution is 5.92. The Morgan fingerprint density at radius 2 is 1.78 bits per heavy atom. The molecule has 1 aliphatic rings. The Bertz CT molecular complexity index is 1180. The molecule has 1 aromatic heterocycles. The number of carbonyl (C=O) groups is 1. The molecule has 0 saturated carbocycles. The van der Waals surface area contributed by atoms with Crippen LogP contribution in [0.3, 0.4) is 0 Å². The van der Waals surface area contributed by atoms with Crippen LogP contribution in [-0.2, 0) is 4.79 Å². The highest BCUT2D eigenvalue weighted by Gasteiger charge is 2.24. The fourth-order valence-corrected chi connectivity index (χ4v) is 3.77. The van der Waals surface area contributed by atoms with Gasteiger partial charge >= 0.3 is 0 Å². The fraction of sp³-hybridized carbons (Fsp3) is 0.320. The third-order valence-electron chi connectivity index (χ3n) is 5.50. The van der Waals surface area contributed by atoms with Gasteiger partial charge in [-0.25, -0.2) is 9.97 Å². The van der Waals surface area contributed by atoms with Crippen molar-refractivity contribution in [3.63, 3.8) is 0 Å². The van der Waals surface area contributed by atoms with Crippen LogP contribution in [0.4, 0.5) is 5.82 Å². The summed E-state index contributed by atoms with van der Waals surface area (Å²) in [5.74, 6) is 1.31. The SMILES string of the molecule is Cc1ccc2c(N3CCN(C(=O)/C=C/C(C)(C)O)CC3)nc(-c3ccccc3O)nc2c1. The van der Waals surface area contributed by atoms with Crippen molar-refractivity contribution in [1.82, 2.24) is 14.9 Å². The zero-order valence-electron chi connectivity index (χ0n) is 18.6. The molecule has 2 N–H and O–H groups in total. The van der Waals surface area contributed by atoms with Gasteiger partial charge in [-0.3, -0.25) is 4.79 Å². The minimum Gasteiger partial charge on any atom is -0.507 e. The number of aliphatic hydroxyl groups is 1. The number of nitrogens with zero attached hydrogens (tertiary/aromatic N) is 4. The molecule has 0 radical (unpaired) electrons. The lowest BCUT2D eigenvalue weighted by molar-refractivity contribution is -0.126. The first kappa shape index (κ1) is 21.8. The van der Waals surface area contributed by atoms with Crippen molar-refractivity contribution in [2.24, 2.45) is 0 Å². The van der Waals surface area contributed by atoms with Gasteiger partial charge in [-0.2, -0.15) is 0 Å². The van der Waals surface area contributed by atoms with E-state index in [4.69, 9.17) is 9.97 Å². The summed E-state index contributed by atoms with van der Waals surface area (Å²) in [6.07, 6.45) is 2.95. The molecule has 7 nitrogen and oxygen atoms in total. The second kappa shape index (κ2) is 8.59. The van der Waals surface area contributed by atoms with Crippen LogP contribution in [-0.4, -0.2) is 62.8 Å². The first-order chi connectivity index (χ1) is 15.2. The van der Waals surface area contributed by atoms with E-state index >= 15 is 0 Å². The number of anilines is 1. The number of phenols is 1. The van der Waals surface area contributed by atoms with Crippen LogP contribution in [0.2, 0.25) is 0 Å².